The molecular weight excluding hydrogens is 210 g/mol. The van der Waals surface area contributed by atoms with Crippen LogP contribution in [0.4, 0.5) is 10.5 Å². The normalized spacial score (nSPS) is 20.4. The monoisotopic (exact) mass is 221 g/mol. The van der Waals surface area contributed by atoms with Crippen LogP contribution < -0.4 is 4.90 Å². The quantitative estimate of drug-likeness (QED) is 0.818. The Balaban J connectivity index is 2.19. The fourth-order valence-corrected chi connectivity index (χ4v) is 1.57. The van der Waals surface area contributed by atoms with Gasteiger partial charge in [0, 0.05) is 12.2 Å². The number of carbonyl (C=O) groups is 2. The third-order valence-electron chi connectivity index (χ3n) is 2.45. The second-order valence-electron chi connectivity index (χ2n) is 3.56. The van der Waals surface area contributed by atoms with E-state index in [-0.39, 0.29) is 13.2 Å². The maximum Gasteiger partial charge on any atom is 0.414 e. The second kappa shape index (κ2) is 4.22. The number of para-hydroxylation sites is 1. The van der Waals surface area contributed by atoms with E-state index in [1.807, 2.05) is 6.07 Å². The summed E-state index contributed by atoms with van der Waals surface area (Å²) in [5.74, 6) is -1.62. The first kappa shape index (κ1) is 10.5. The van der Waals surface area contributed by atoms with E-state index < -0.39 is 18.0 Å². The highest BCUT2D eigenvalue weighted by Gasteiger charge is 2.32. The zero-order chi connectivity index (χ0) is 11.5. The molecule has 2 rings (SSSR count). The predicted octanol–water partition coefficient (Wildman–Crippen LogP) is 1.34. The van der Waals surface area contributed by atoms with Crippen molar-refractivity contribution in [1.29, 1.82) is 0 Å². The van der Waals surface area contributed by atoms with Crippen LogP contribution in [0.2, 0.25) is 0 Å². The number of carbonyl (C=O) groups excluding carboxylic acids is 1. The number of cyclic esters (lactones) is 1. The van der Waals surface area contributed by atoms with Crippen molar-refractivity contribution in [2.45, 2.75) is 0 Å². The van der Waals surface area contributed by atoms with Gasteiger partial charge in [-0.25, -0.2) is 4.79 Å². The third kappa shape index (κ3) is 1.98. The average Bonchev–Trinajstić information content (AvgIpc) is 2.30. The lowest BCUT2D eigenvalue weighted by atomic mass is 10.1. The predicted molar refractivity (Wildman–Crippen MR) is 56.3 cm³/mol. The van der Waals surface area contributed by atoms with Crippen molar-refractivity contribution in [3.63, 3.8) is 0 Å². The molecule has 1 aliphatic heterocycles. The molecule has 1 fully saturated rings. The molecule has 5 heteroatoms. The Morgan fingerprint density at radius 3 is 2.69 bits per heavy atom. The van der Waals surface area contributed by atoms with Crippen molar-refractivity contribution in [2.24, 2.45) is 5.92 Å². The number of hydrogen-bond donors (Lipinski definition) is 1. The van der Waals surface area contributed by atoms with Crippen molar-refractivity contribution in [3.05, 3.63) is 30.3 Å². The largest absolute Gasteiger partial charge is 0.481 e. The van der Waals surface area contributed by atoms with Crippen LogP contribution in [0.15, 0.2) is 30.3 Å². The first-order chi connectivity index (χ1) is 7.68. The molecule has 0 radical (unpaired) electrons. The van der Waals surface area contributed by atoms with Gasteiger partial charge >= 0.3 is 12.1 Å². The van der Waals surface area contributed by atoms with Gasteiger partial charge in [0.2, 0.25) is 0 Å². The molecule has 0 saturated carbocycles. The van der Waals surface area contributed by atoms with Gasteiger partial charge in [-0.15, -0.1) is 0 Å². The van der Waals surface area contributed by atoms with Crippen molar-refractivity contribution < 1.29 is 19.4 Å². The highest BCUT2D eigenvalue weighted by molar-refractivity contribution is 5.90. The summed E-state index contributed by atoms with van der Waals surface area (Å²) in [6, 6.07) is 8.88. The lowest BCUT2D eigenvalue weighted by Crippen LogP contribution is -2.45. The smallest absolute Gasteiger partial charge is 0.414 e. The van der Waals surface area contributed by atoms with Crippen LogP contribution in [-0.2, 0) is 9.53 Å². The van der Waals surface area contributed by atoms with Crippen LogP contribution in [0.5, 0.6) is 0 Å². The molecule has 16 heavy (non-hydrogen) atoms. The lowest BCUT2D eigenvalue weighted by Gasteiger charge is -2.30. The molecule has 1 aromatic carbocycles. The van der Waals surface area contributed by atoms with Crippen LogP contribution in [-0.4, -0.2) is 30.3 Å². The molecule has 1 aromatic rings. The maximum absolute atomic E-state index is 11.5. The number of benzene rings is 1. The molecule has 1 atom stereocenters. The van der Waals surface area contributed by atoms with Crippen molar-refractivity contribution >= 4 is 17.7 Å². The number of carboxylic acid groups (broad SMARTS) is 1. The van der Waals surface area contributed by atoms with Gasteiger partial charge in [0.05, 0.1) is 0 Å². The Hall–Kier alpha value is -2.04. The standard InChI is InChI=1S/C11H11NO4/c13-10(14)8-6-12(11(15)16-7-8)9-4-2-1-3-5-9/h1-5,8H,6-7H2,(H,13,14). The van der Waals surface area contributed by atoms with Crippen molar-refractivity contribution in [3.8, 4) is 0 Å². The van der Waals surface area contributed by atoms with Gasteiger partial charge in [0.1, 0.15) is 12.5 Å². The van der Waals surface area contributed by atoms with Crippen LogP contribution in [0.3, 0.4) is 0 Å². The summed E-state index contributed by atoms with van der Waals surface area (Å²) in [4.78, 5) is 23.6. The number of anilines is 1. The molecule has 0 bridgehead atoms. The molecule has 0 aromatic heterocycles. The molecule has 1 unspecified atom stereocenters. The number of rotatable bonds is 2. The number of nitrogens with zero attached hydrogens (tertiary/aromatic N) is 1. The van der Waals surface area contributed by atoms with E-state index in [0.29, 0.717) is 5.69 Å². The summed E-state index contributed by atoms with van der Waals surface area (Å²) in [7, 11) is 0. The number of amides is 1. The summed E-state index contributed by atoms with van der Waals surface area (Å²) >= 11 is 0. The highest BCUT2D eigenvalue weighted by atomic mass is 16.6. The molecule has 1 amide bonds. The summed E-state index contributed by atoms with van der Waals surface area (Å²) in [5, 5.41) is 8.87. The van der Waals surface area contributed by atoms with Gasteiger partial charge in [0.15, 0.2) is 0 Å². The minimum Gasteiger partial charge on any atom is -0.481 e. The lowest BCUT2D eigenvalue weighted by molar-refractivity contribution is -0.143. The fraction of sp³-hybridized carbons (Fsp3) is 0.273. The molecule has 5 nitrogen and oxygen atoms in total. The van der Waals surface area contributed by atoms with Crippen molar-refractivity contribution in [2.75, 3.05) is 18.1 Å². The summed E-state index contributed by atoms with van der Waals surface area (Å²) in [5.41, 5.74) is 0.651. The third-order valence-corrected chi connectivity index (χ3v) is 2.45. The number of aliphatic carboxylic acids is 1. The van der Waals surface area contributed by atoms with Crippen LogP contribution in [0.1, 0.15) is 0 Å². The second-order valence-corrected chi connectivity index (χ2v) is 3.56. The molecule has 1 N–H and O–H groups in total. The molecular formula is C11H11NO4. The molecule has 0 aliphatic carbocycles. The SMILES string of the molecule is O=C(O)C1COC(=O)N(c2ccccc2)C1. The Bertz CT molecular complexity index is 404. The maximum atomic E-state index is 11.5. The molecule has 1 heterocycles. The molecule has 84 valence electrons. The van der Waals surface area contributed by atoms with Gasteiger partial charge in [0.25, 0.3) is 0 Å². The summed E-state index contributed by atoms with van der Waals surface area (Å²) in [6.45, 7) is 0.0929. The number of hydrogen-bond acceptors (Lipinski definition) is 3. The van der Waals surface area contributed by atoms with E-state index in [4.69, 9.17) is 9.84 Å². The Labute approximate surface area is 92.2 Å². The van der Waals surface area contributed by atoms with Crippen LogP contribution >= 0.6 is 0 Å². The summed E-state index contributed by atoms with van der Waals surface area (Å²) in [6.07, 6.45) is -0.497. The Morgan fingerprint density at radius 1 is 1.38 bits per heavy atom. The average molecular weight is 221 g/mol. The van der Waals surface area contributed by atoms with E-state index in [1.54, 1.807) is 24.3 Å². The van der Waals surface area contributed by atoms with E-state index in [1.165, 1.54) is 4.90 Å². The first-order valence-electron chi connectivity index (χ1n) is 4.90. The van der Waals surface area contributed by atoms with E-state index in [2.05, 4.69) is 0 Å². The Kier molecular flexibility index (Phi) is 2.76. The fourth-order valence-electron chi connectivity index (χ4n) is 1.57. The summed E-state index contributed by atoms with van der Waals surface area (Å²) < 4.78 is 4.82. The van der Waals surface area contributed by atoms with E-state index in [0.717, 1.165) is 0 Å². The highest BCUT2D eigenvalue weighted by Crippen LogP contribution is 2.20. The van der Waals surface area contributed by atoms with Crippen LogP contribution in [0, 0.1) is 5.92 Å². The van der Waals surface area contributed by atoms with Gasteiger partial charge in [-0.3, -0.25) is 9.69 Å². The Morgan fingerprint density at radius 2 is 2.06 bits per heavy atom. The molecule has 1 saturated heterocycles. The number of ether oxygens (including phenoxy) is 1. The van der Waals surface area contributed by atoms with Crippen molar-refractivity contribution in [1.82, 2.24) is 0 Å². The minimum absolute atomic E-state index is 0.0580. The van der Waals surface area contributed by atoms with Crippen LogP contribution in [0.25, 0.3) is 0 Å². The van der Waals surface area contributed by atoms with Gasteiger partial charge < -0.3 is 9.84 Å². The van der Waals surface area contributed by atoms with Gasteiger partial charge in [-0.1, -0.05) is 18.2 Å². The number of carboxylic acids is 1. The van der Waals surface area contributed by atoms with Gasteiger partial charge in [-0.2, -0.15) is 0 Å². The topological polar surface area (TPSA) is 66.8 Å². The molecule has 1 aliphatic rings. The van der Waals surface area contributed by atoms with E-state index in [9.17, 15) is 9.59 Å². The zero-order valence-corrected chi connectivity index (χ0v) is 8.50. The minimum atomic E-state index is -0.951. The van der Waals surface area contributed by atoms with E-state index >= 15 is 0 Å². The first-order valence-corrected chi connectivity index (χ1v) is 4.90. The molecule has 0 spiro atoms. The van der Waals surface area contributed by atoms with Gasteiger partial charge in [-0.05, 0) is 12.1 Å². The zero-order valence-electron chi connectivity index (χ0n) is 8.50.